The van der Waals surface area contributed by atoms with Crippen LogP contribution >= 0.6 is 11.3 Å². The minimum atomic E-state index is -0.395. The van der Waals surface area contributed by atoms with Crippen LogP contribution in [0.1, 0.15) is 11.9 Å². The molecule has 0 aliphatic rings. The second-order valence-electron chi connectivity index (χ2n) is 3.28. The first-order chi connectivity index (χ1) is 7.70. The summed E-state index contributed by atoms with van der Waals surface area (Å²) in [6, 6.07) is 6.54. The molecule has 0 atom stereocenters. The summed E-state index contributed by atoms with van der Waals surface area (Å²) in [4.78, 5) is 15.4. The number of aryl methyl sites for hydroxylation is 1. The second kappa shape index (κ2) is 4.40. The molecule has 0 saturated carbocycles. The lowest BCUT2D eigenvalue weighted by molar-refractivity contribution is -0.384. The van der Waals surface area contributed by atoms with Crippen LogP contribution in [0.4, 0.5) is 5.69 Å². The molecule has 1 heterocycles. The third-order valence-electron chi connectivity index (χ3n) is 2.22. The zero-order chi connectivity index (χ0) is 11.5. The molecule has 16 heavy (non-hydrogen) atoms. The highest BCUT2D eigenvalue weighted by Gasteiger charge is 2.07. The van der Waals surface area contributed by atoms with Crippen LogP contribution in [0, 0.1) is 10.1 Å². The van der Waals surface area contributed by atoms with Gasteiger partial charge in [-0.3, -0.25) is 10.1 Å². The Morgan fingerprint density at radius 2 is 2.06 bits per heavy atom. The summed E-state index contributed by atoms with van der Waals surface area (Å²) >= 11 is 1.62. The fraction of sp³-hybridized carbons (Fsp3) is 0.182. The first-order valence-electron chi connectivity index (χ1n) is 4.90. The molecule has 82 valence electrons. The quantitative estimate of drug-likeness (QED) is 0.605. The molecule has 1 aromatic heterocycles. The van der Waals surface area contributed by atoms with Crippen molar-refractivity contribution in [1.29, 1.82) is 0 Å². The molecule has 0 unspecified atom stereocenters. The van der Waals surface area contributed by atoms with Crippen molar-refractivity contribution >= 4 is 17.0 Å². The number of aromatic nitrogens is 1. The SMILES string of the molecule is CCc1ncc(-c2ccc([N+](=O)[O-])cc2)s1. The summed E-state index contributed by atoms with van der Waals surface area (Å²) in [7, 11) is 0. The zero-order valence-electron chi connectivity index (χ0n) is 8.71. The van der Waals surface area contributed by atoms with E-state index in [0.717, 1.165) is 21.9 Å². The van der Waals surface area contributed by atoms with Gasteiger partial charge in [-0.1, -0.05) is 6.92 Å². The van der Waals surface area contributed by atoms with E-state index in [-0.39, 0.29) is 5.69 Å². The fourth-order valence-electron chi connectivity index (χ4n) is 1.35. The van der Waals surface area contributed by atoms with E-state index in [4.69, 9.17) is 0 Å². The van der Waals surface area contributed by atoms with Crippen LogP contribution in [0.2, 0.25) is 0 Å². The van der Waals surface area contributed by atoms with Crippen LogP contribution in [0.25, 0.3) is 10.4 Å². The van der Waals surface area contributed by atoms with Crippen molar-refractivity contribution < 1.29 is 4.92 Å². The van der Waals surface area contributed by atoms with Gasteiger partial charge in [0, 0.05) is 18.3 Å². The van der Waals surface area contributed by atoms with Crippen LogP contribution in [0.3, 0.4) is 0 Å². The largest absolute Gasteiger partial charge is 0.269 e. The van der Waals surface area contributed by atoms with Crippen molar-refractivity contribution in [2.24, 2.45) is 0 Å². The van der Waals surface area contributed by atoms with Gasteiger partial charge in [-0.2, -0.15) is 0 Å². The Labute approximate surface area is 96.7 Å². The molecule has 0 spiro atoms. The van der Waals surface area contributed by atoms with Gasteiger partial charge < -0.3 is 0 Å². The van der Waals surface area contributed by atoms with E-state index in [1.54, 1.807) is 23.5 Å². The van der Waals surface area contributed by atoms with Crippen molar-refractivity contribution in [3.05, 3.63) is 45.6 Å². The number of rotatable bonds is 3. The molecular formula is C11H10N2O2S. The van der Waals surface area contributed by atoms with E-state index >= 15 is 0 Å². The van der Waals surface area contributed by atoms with Crippen molar-refractivity contribution in [3.63, 3.8) is 0 Å². The lowest BCUT2D eigenvalue weighted by Gasteiger charge is -1.95. The van der Waals surface area contributed by atoms with Gasteiger partial charge in [-0.05, 0) is 24.1 Å². The second-order valence-corrected chi connectivity index (χ2v) is 4.39. The maximum Gasteiger partial charge on any atom is 0.269 e. The van der Waals surface area contributed by atoms with Gasteiger partial charge in [0.25, 0.3) is 5.69 Å². The average molecular weight is 234 g/mol. The Bertz CT molecular complexity index is 505. The van der Waals surface area contributed by atoms with Crippen molar-refractivity contribution in [2.75, 3.05) is 0 Å². The zero-order valence-corrected chi connectivity index (χ0v) is 9.53. The van der Waals surface area contributed by atoms with Gasteiger partial charge in [0.1, 0.15) is 0 Å². The Balaban J connectivity index is 2.30. The summed E-state index contributed by atoms with van der Waals surface area (Å²) in [5.41, 5.74) is 1.09. The van der Waals surface area contributed by atoms with Crippen LogP contribution in [0.5, 0.6) is 0 Å². The highest BCUT2D eigenvalue weighted by Crippen LogP contribution is 2.27. The molecule has 0 amide bonds. The first-order valence-corrected chi connectivity index (χ1v) is 5.72. The van der Waals surface area contributed by atoms with Crippen LogP contribution in [-0.4, -0.2) is 9.91 Å². The number of nitro benzene ring substituents is 1. The van der Waals surface area contributed by atoms with Crippen molar-refractivity contribution in [3.8, 4) is 10.4 Å². The van der Waals surface area contributed by atoms with Gasteiger partial charge >= 0.3 is 0 Å². The first kappa shape index (κ1) is 10.8. The summed E-state index contributed by atoms with van der Waals surface area (Å²) in [6.07, 6.45) is 2.72. The van der Waals surface area contributed by atoms with Crippen LogP contribution in [-0.2, 0) is 6.42 Å². The minimum Gasteiger partial charge on any atom is -0.258 e. The van der Waals surface area contributed by atoms with E-state index in [0.29, 0.717) is 0 Å². The fourth-order valence-corrected chi connectivity index (χ4v) is 2.22. The monoisotopic (exact) mass is 234 g/mol. The molecular weight excluding hydrogens is 224 g/mol. The van der Waals surface area contributed by atoms with E-state index < -0.39 is 4.92 Å². The maximum atomic E-state index is 10.5. The molecule has 2 rings (SSSR count). The number of hydrogen-bond acceptors (Lipinski definition) is 4. The Morgan fingerprint density at radius 3 is 2.56 bits per heavy atom. The molecule has 2 aromatic rings. The number of nitrogens with zero attached hydrogens (tertiary/aromatic N) is 2. The maximum absolute atomic E-state index is 10.5. The highest BCUT2D eigenvalue weighted by molar-refractivity contribution is 7.15. The number of nitro groups is 1. The van der Waals surface area contributed by atoms with Crippen LogP contribution in [0.15, 0.2) is 30.5 Å². The summed E-state index contributed by atoms with van der Waals surface area (Å²) in [5, 5.41) is 11.6. The normalized spacial score (nSPS) is 10.3. The van der Waals surface area contributed by atoms with E-state index in [1.165, 1.54) is 12.1 Å². The lowest BCUT2D eigenvalue weighted by atomic mass is 10.2. The third-order valence-corrected chi connectivity index (χ3v) is 3.41. The number of non-ortho nitro benzene ring substituents is 1. The standard InChI is InChI=1S/C11H10N2O2S/c1-2-11-12-7-10(16-11)8-3-5-9(6-4-8)13(14)15/h3-7H,2H2,1H3. The number of thiazole rings is 1. The number of hydrogen-bond donors (Lipinski definition) is 0. The summed E-state index contributed by atoms with van der Waals surface area (Å²) in [5.74, 6) is 0. The molecule has 0 aliphatic carbocycles. The predicted octanol–water partition coefficient (Wildman–Crippen LogP) is 3.28. The Hall–Kier alpha value is -1.75. The van der Waals surface area contributed by atoms with Crippen molar-refractivity contribution in [1.82, 2.24) is 4.98 Å². The minimum absolute atomic E-state index is 0.115. The lowest BCUT2D eigenvalue weighted by Crippen LogP contribution is -1.86. The molecule has 0 bridgehead atoms. The van der Waals surface area contributed by atoms with E-state index in [9.17, 15) is 10.1 Å². The summed E-state index contributed by atoms with van der Waals surface area (Å²) in [6.45, 7) is 2.05. The molecule has 1 aromatic carbocycles. The molecule has 0 N–H and O–H groups in total. The predicted molar refractivity (Wildman–Crippen MR) is 63.6 cm³/mol. The van der Waals surface area contributed by atoms with Gasteiger partial charge in [-0.15, -0.1) is 11.3 Å². The van der Waals surface area contributed by atoms with Crippen molar-refractivity contribution in [2.45, 2.75) is 13.3 Å². The molecule has 0 aliphatic heterocycles. The number of benzene rings is 1. The summed E-state index contributed by atoms with van der Waals surface area (Å²) < 4.78 is 0. The van der Waals surface area contributed by atoms with Crippen LogP contribution < -0.4 is 0 Å². The highest BCUT2D eigenvalue weighted by atomic mass is 32.1. The van der Waals surface area contributed by atoms with Gasteiger partial charge in [0.15, 0.2) is 0 Å². The van der Waals surface area contributed by atoms with E-state index in [1.807, 2.05) is 6.20 Å². The topological polar surface area (TPSA) is 56.0 Å². The molecule has 0 saturated heterocycles. The Morgan fingerprint density at radius 1 is 1.38 bits per heavy atom. The smallest absolute Gasteiger partial charge is 0.258 e. The average Bonchev–Trinajstić information content (AvgIpc) is 2.77. The van der Waals surface area contributed by atoms with E-state index in [2.05, 4.69) is 11.9 Å². The third kappa shape index (κ3) is 2.09. The van der Waals surface area contributed by atoms with Gasteiger partial charge in [-0.25, -0.2) is 4.98 Å². The molecule has 4 nitrogen and oxygen atoms in total. The molecule has 0 fully saturated rings. The molecule has 5 heteroatoms. The van der Waals surface area contributed by atoms with Gasteiger partial charge in [0.2, 0.25) is 0 Å². The molecule has 0 radical (unpaired) electrons. The Kier molecular flexibility index (Phi) is 2.96. The van der Waals surface area contributed by atoms with Gasteiger partial charge in [0.05, 0.1) is 14.8 Å².